The number of para-hydroxylation sites is 1. The van der Waals surface area contributed by atoms with Crippen molar-refractivity contribution in [2.75, 3.05) is 52.7 Å². The second-order valence-corrected chi connectivity index (χ2v) is 20.0. The first-order chi connectivity index (χ1) is 29.5. The Morgan fingerprint density at radius 3 is 2.29 bits per heavy atom. The highest BCUT2D eigenvalue weighted by atomic mass is 32.2. The SMILES string of the molecule is CCOC(=O)[C@H](C)OP(=O)(CCNCc1ccc(C[C@H](NC(=O)O[C@H]2CO[C@H]3OCC[C@H]32)[C@H](O)CN(CC(C)C)S(=O)(=O)c2ccc(OC)cc2)cc1)Oc1c(C)cccc1C. The number of ether oxygens (including phenoxy) is 5. The zero-order chi connectivity index (χ0) is 45.0. The molecule has 342 valence electrons. The molecule has 2 saturated heterocycles. The van der Waals surface area contributed by atoms with E-state index in [9.17, 15) is 27.7 Å². The van der Waals surface area contributed by atoms with E-state index in [1.165, 1.54) is 30.5 Å². The number of carbonyl (C=O) groups excluding carboxylic acids is 2. The molecule has 0 saturated carbocycles. The summed E-state index contributed by atoms with van der Waals surface area (Å²) in [6.07, 6.45) is -3.37. The minimum atomic E-state index is -4.06. The first-order valence-corrected chi connectivity index (χ1v) is 24.2. The molecule has 2 heterocycles. The zero-order valence-corrected chi connectivity index (χ0v) is 38.3. The van der Waals surface area contributed by atoms with Gasteiger partial charge in [-0.25, -0.2) is 22.6 Å². The molecule has 0 aromatic heterocycles. The molecule has 0 bridgehead atoms. The summed E-state index contributed by atoms with van der Waals surface area (Å²) in [5.74, 6) is 0.126. The third kappa shape index (κ3) is 13.5. The highest BCUT2D eigenvalue weighted by Crippen LogP contribution is 2.50. The fourth-order valence-electron chi connectivity index (χ4n) is 7.31. The topological polar surface area (TPSA) is 197 Å². The fraction of sp³-hybridized carbons (Fsp3) is 0.545. The van der Waals surface area contributed by atoms with E-state index in [1.54, 1.807) is 19.1 Å². The lowest BCUT2D eigenvalue weighted by Gasteiger charge is -2.31. The molecule has 3 aromatic rings. The van der Waals surface area contributed by atoms with Gasteiger partial charge in [0.2, 0.25) is 10.0 Å². The molecule has 5 rings (SSSR count). The van der Waals surface area contributed by atoms with Crippen molar-refractivity contribution in [1.29, 1.82) is 0 Å². The maximum Gasteiger partial charge on any atom is 0.407 e. The Hall–Kier alpha value is -4.06. The number of alkyl carbamates (subject to hydrolysis) is 1. The summed E-state index contributed by atoms with van der Waals surface area (Å²) < 4.78 is 82.3. The van der Waals surface area contributed by atoms with Gasteiger partial charge >= 0.3 is 19.7 Å². The van der Waals surface area contributed by atoms with Gasteiger partial charge in [-0.3, -0.25) is 4.52 Å². The van der Waals surface area contributed by atoms with E-state index in [0.717, 1.165) is 22.3 Å². The van der Waals surface area contributed by atoms with Crippen molar-refractivity contribution in [1.82, 2.24) is 14.9 Å². The van der Waals surface area contributed by atoms with Crippen molar-refractivity contribution in [3.63, 3.8) is 0 Å². The van der Waals surface area contributed by atoms with Crippen LogP contribution < -0.4 is 19.9 Å². The molecule has 3 aromatic carbocycles. The second-order valence-electron chi connectivity index (χ2n) is 16.0. The molecular formula is C44H62N3O13PS. The number of aliphatic hydroxyl groups is 1. The van der Waals surface area contributed by atoms with Crippen LogP contribution in [0, 0.1) is 25.7 Å². The van der Waals surface area contributed by atoms with Crippen molar-refractivity contribution in [2.45, 2.75) is 96.5 Å². The molecular weight excluding hydrogens is 842 g/mol. The van der Waals surface area contributed by atoms with Crippen LogP contribution in [0.2, 0.25) is 0 Å². The van der Waals surface area contributed by atoms with Crippen LogP contribution in [-0.2, 0) is 55.8 Å². The number of benzene rings is 3. The number of rotatable bonds is 23. The minimum Gasteiger partial charge on any atom is -0.497 e. The summed E-state index contributed by atoms with van der Waals surface area (Å²) in [7, 11) is -6.41. The van der Waals surface area contributed by atoms with Crippen LogP contribution in [0.15, 0.2) is 71.6 Å². The first-order valence-electron chi connectivity index (χ1n) is 21.0. The number of carbonyl (C=O) groups is 2. The summed E-state index contributed by atoms with van der Waals surface area (Å²) in [6.45, 7) is 11.9. The van der Waals surface area contributed by atoms with Crippen molar-refractivity contribution in [2.24, 2.45) is 11.8 Å². The number of amides is 1. The molecule has 2 fully saturated rings. The number of nitrogens with zero attached hydrogens (tertiary/aromatic N) is 1. The van der Waals surface area contributed by atoms with Crippen LogP contribution >= 0.6 is 7.60 Å². The Kier molecular flexibility index (Phi) is 17.8. The lowest BCUT2D eigenvalue weighted by Crippen LogP contribution is -2.51. The number of aliphatic hydroxyl groups excluding tert-OH is 1. The van der Waals surface area contributed by atoms with Crippen molar-refractivity contribution >= 4 is 29.7 Å². The van der Waals surface area contributed by atoms with Gasteiger partial charge in [-0.2, -0.15) is 4.31 Å². The summed E-state index contributed by atoms with van der Waals surface area (Å²) in [5.41, 5.74) is 3.19. The molecule has 0 spiro atoms. The zero-order valence-electron chi connectivity index (χ0n) is 36.6. The van der Waals surface area contributed by atoms with Gasteiger partial charge in [0, 0.05) is 26.2 Å². The average molecular weight is 904 g/mol. The number of hydrogen-bond donors (Lipinski definition) is 3. The third-order valence-corrected chi connectivity index (χ3v) is 14.3. The number of methoxy groups -OCH3 is 1. The Bertz CT molecular complexity index is 2070. The van der Waals surface area contributed by atoms with Crippen LogP contribution in [0.3, 0.4) is 0 Å². The molecule has 2 aliphatic rings. The van der Waals surface area contributed by atoms with Crippen LogP contribution in [0.4, 0.5) is 4.79 Å². The van der Waals surface area contributed by atoms with E-state index in [2.05, 4.69) is 10.6 Å². The molecule has 2 aliphatic heterocycles. The molecule has 3 N–H and O–H groups in total. The highest BCUT2D eigenvalue weighted by Gasteiger charge is 2.44. The molecule has 18 heteroatoms. The fourth-order valence-corrected chi connectivity index (χ4v) is 10.7. The standard InChI is InChI=1S/C44H62N3O13PS/c1-8-55-42(49)32(6)59-61(51,60-41-30(4)10-9-11-31(41)5)23-21-45-25-34-14-12-33(13-15-34)24-38(46-44(50)58-40-28-57-43-37(40)20-22-56-43)39(48)27-47(26-29(2)3)62(52,53)36-18-16-35(54-7)17-19-36/h9-19,29,32,37-40,43,45,48H,8,20-28H2,1-7H3,(H,46,50)/t32-,37-,38-,39+,40-,43+,61?/m0/s1. The summed E-state index contributed by atoms with van der Waals surface area (Å²) in [4.78, 5) is 25.8. The second kappa shape index (κ2) is 22.5. The molecule has 0 aliphatic carbocycles. The largest absolute Gasteiger partial charge is 0.497 e. The number of fused-ring (bicyclic) bond motifs is 1. The number of esters is 1. The highest BCUT2D eigenvalue weighted by molar-refractivity contribution is 7.89. The van der Waals surface area contributed by atoms with Gasteiger partial charge < -0.3 is 43.9 Å². The monoisotopic (exact) mass is 903 g/mol. The van der Waals surface area contributed by atoms with Crippen molar-refractivity contribution < 1.29 is 60.4 Å². The summed E-state index contributed by atoms with van der Waals surface area (Å²) >= 11 is 0. The van der Waals surface area contributed by atoms with Gasteiger partial charge in [0.05, 0.1) is 56.1 Å². The van der Waals surface area contributed by atoms with Gasteiger partial charge in [0.1, 0.15) is 17.6 Å². The predicted molar refractivity (Wildman–Crippen MR) is 232 cm³/mol. The van der Waals surface area contributed by atoms with E-state index in [0.29, 0.717) is 31.1 Å². The summed E-state index contributed by atoms with van der Waals surface area (Å²) in [5, 5.41) is 17.9. The summed E-state index contributed by atoms with van der Waals surface area (Å²) in [6, 6.07) is 18.1. The molecule has 0 radical (unpaired) electrons. The van der Waals surface area contributed by atoms with Gasteiger partial charge in [-0.1, -0.05) is 56.3 Å². The van der Waals surface area contributed by atoms with Gasteiger partial charge in [0.15, 0.2) is 12.4 Å². The van der Waals surface area contributed by atoms with Crippen LogP contribution in [-0.4, -0.2) is 113 Å². The van der Waals surface area contributed by atoms with Crippen LogP contribution in [0.25, 0.3) is 0 Å². The molecule has 16 nitrogen and oxygen atoms in total. The number of nitrogens with one attached hydrogen (secondary N) is 2. The predicted octanol–water partition coefficient (Wildman–Crippen LogP) is 5.75. The van der Waals surface area contributed by atoms with E-state index < -0.39 is 60.3 Å². The Morgan fingerprint density at radius 2 is 1.65 bits per heavy atom. The molecule has 62 heavy (non-hydrogen) atoms. The van der Waals surface area contributed by atoms with Crippen molar-refractivity contribution in [3.05, 3.63) is 89.0 Å². The third-order valence-electron chi connectivity index (χ3n) is 10.6. The van der Waals surface area contributed by atoms with Gasteiger partial charge in [-0.15, -0.1) is 0 Å². The van der Waals surface area contributed by atoms with Gasteiger partial charge in [-0.05, 0) is 93.0 Å². The maximum absolute atomic E-state index is 14.1. The molecule has 1 amide bonds. The first kappa shape index (κ1) is 49.0. The average Bonchev–Trinajstić information content (AvgIpc) is 3.86. The normalized spacial score (nSPS) is 19.9. The van der Waals surface area contributed by atoms with Crippen LogP contribution in [0.5, 0.6) is 11.5 Å². The van der Waals surface area contributed by atoms with Crippen molar-refractivity contribution in [3.8, 4) is 11.5 Å². The van der Waals surface area contributed by atoms with E-state index in [-0.39, 0.29) is 62.2 Å². The van der Waals surface area contributed by atoms with E-state index >= 15 is 0 Å². The van der Waals surface area contributed by atoms with Gasteiger partial charge in [0.25, 0.3) is 0 Å². The Labute approximate surface area is 365 Å². The Balaban J connectivity index is 1.27. The lowest BCUT2D eigenvalue weighted by molar-refractivity contribution is -0.150. The molecule has 7 atom stereocenters. The van der Waals surface area contributed by atoms with Crippen LogP contribution in [0.1, 0.15) is 56.4 Å². The minimum absolute atomic E-state index is 0.0344. The lowest BCUT2D eigenvalue weighted by atomic mass is 10.00. The molecule has 1 unspecified atom stereocenters. The number of aryl methyl sites for hydroxylation is 2. The van der Waals surface area contributed by atoms with E-state index in [4.69, 9.17) is 32.7 Å². The number of sulfonamides is 1. The maximum atomic E-state index is 14.1. The number of hydrogen-bond acceptors (Lipinski definition) is 14. The van der Waals surface area contributed by atoms with E-state index in [1.807, 2.05) is 70.2 Å². The quantitative estimate of drug-likeness (QED) is 0.0591. The smallest absolute Gasteiger partial charge is 0.407 e. The Morgan fingerprint density at radius 1 is 0.968 bits per heavy atom.